The summed E-state index contributed by atoms with van der Waals surface area (Å²) in [6.45, 7) is 0. The van der Waals surface area contributed by atoms with Gasteiger partial charge in [0, 0.05) is 4.90 Å². The lowest BCUT2D eigenvalue weighted by Gasteiger charge is -2.55. The molecule has 1 aromatic rings. The van der Waals surface area contributed by atoms with E-state index in [1.54, 1.807) is 0 Å². The Balaban J connectivity index is 1.58. The third-order valence-electron chi connectivity index (χ3n) is 5.67. The third-order valence-corrected chi connectivity index (χ3v) is 6.06. The normalized spacial score (nSPS) is 38.0. The van der Waals surface area contributed by atoms with Gasteiger partial charge in [-0.15, -0.1) is 12.6 Å². The molecule has 5 rings (SSSR count). The Hall–Kier alpha value is -0.960. The molecule has 2 nitrogen and oxygen atoms in total. The highest BCUT2D eigenvalue weighted by Gasteiger charge is 2.54. The first-order valence-corrected chi connectivity index (χ1v) is 8.19. The van der Waals surface area contributed by atoms with Crippen molar-refractivity contribution >= 4 is 24.2 Å². The van der Waals surface area contributed by atoms with Gasteiger partial charge in [0.1, 0.15) is 0 Å². The number of hydrogen-bond acceptors (Lipinski definition) is 2. The van der Waals surface area contributed by atoms with Gasteiger partial charge in [0.2, 0.25) is 5.91 Å². The molecule has 4 saturated carbocycles. The summed E-state index contributed by atoms with van der Waals surface area (Å²) in [6.07, 6.45) is 7.44. The lowest BCUT2D eigenvalue weighted by molar-refractivity contribution is -0.140. The fourth-order valence-corrected chi connectivity index (χ4v) is 5.44. The highest BCUT2D eigenvalue weighted by molar-refractivity contribution is 7.80. The Morgan fingerprint density at radius 1 is 1.05 bits per heavy atom. The minimum absolute atomic E-state index is 0.0786. The lowest BCUT2D eigenvalue weighted by atomic mass is 9.49. The molecule has 1 aromatic carbocycles. The Morgan fingerprint density at radius 3 is 2.15 bits per heavy atom. The Bertz CT molecular complexity index is 518. The second kappa shape index (κ2) is 4.52. The average Bonchev–Trinajstić information content (AvgIpc) is 2.40. The molecule has 4 aliphatic rings. The lowest BCUT2D eigenvalue weighted by Crippen LogP contribution is -2.51. The molecule has 0 radical (unpaired) electrons. The van der Waals surface area contributed by atoms with E-state index in [0.29, 0.717) is 0 Å². The minimum Gasteiger partial charge on any atom is -0.325 e. The quantitative estimate of drug-likeness (QED) is 0.787. The molecule has 0 aliphatic heterocycles. The van der Waals surface area contributed by atoms with Gasteiger partial charge in [-0.25, -0.2) is 0 Å². The SMILES string of the molecule is O=C(Nc1ccccc1S)C12CC3CC(CC(C3)C1)C2. The summed E-state index contributed by atoms with van der Waals surface area (Å²) in [7, 11) is 0. The van der Waals surface area contributed by atoms with Crippen molar-refractivity contribution in [3.05, 3.63) is 24.3 Å². The monoisotopic (exact) mass is 287 g/mol. The number of benzene rings is 1. The molecule has 3 heteroatoms. The van der Waals surface area contributed by atoms with Crippen molar-refractivity contribution in [2.24, 2.45) is 23.2 Å². The van der Waals surface area contributed by atoms with E-state index in [1.807, 2.05) is 24.3 Å². The largest absolute Gasteiger partial charge is 0.325 e. The molecule has 0 heterocycles. The van der Waals surface area contributed by atoms with Crippen molar-refractivity contribution in [2.75, 3.05) is 5.32 Å². The maximum absolute atomic E-state index is 12.9. The Kier molecular flexibility index (Phi) is 2.88. The average molecular weight is 287 g/mol. The van der Waals surface area contributed by atoms with Gasteiger partial charge < -0.3 is 5.32 Å². The highest BCUT2D eigenvalue weighted by Crippen LogP contribution is 2.60. The van der Waals surface area contributed by atoms with Crippen LogP contribution in [-0.4, -0.2) is 5.91 Å². The smallest absolute Gasteiger partial charge is 0.230 e. The molecule has 0 atom stereocenters. The zero-order chi connectivity index (χ0) is 13.7. The van der Waals surface area contributed by atoms with Crippen molar-refractivity contribution in [1.82, 2.24) is 0 Å². The van der Waals surface area contributed by atoms with Crippen LogP contribution in [0.2, 0.25) is 0 Å². The molecular weight excluding hydrogens is 266 g/mol. The van der Waals surface area contributed by atoms with Crippen molar-refractivity contribution in [3.8, 4) is 0 Å². The van der Waals surface area contributed by atoms with Gasteiger partial charge in [-0.05, 0) is 68.4 Å². The fraction of sp³-hybridized carbons (Fsp3) is 0.588. The van der Waals surface area contributed by atoms with Crippen molar-refractivity contribution < 1.29 is 4.79 Å². The van der Waals surface area contributed by atoms with E-state index >= 15 is 0 Å². The van der Waals surface area contributed by atoms with Crippen LogP contribution in [0.5, 0.6) is 0 Å². The number of amides is 1. The molecule has 0 aromatic heterocycles. The number of thiol groups is 1. The Morgan fingerprint density at radius 2 is 1.60 bits per heavy atom. The topological polar surface area (TPSA) is 29.1 Å². The van der Waals surface area contributed by atoms with Crippen molar-refractivity contribution in [2.45, 2.75) is 43.4 Å². The van der Waals surface area contributed by atoms with E-state index in [0.717, 1.165) is 47.6 Å². The van der Waals surface area contributed by atoms with Crippen LogP contribution in [0, 0.1) is 23.2 Å². The van der Waals surface area contributed by atoms with Crippen LogP contribution in [0.4, 0.5) is 5.69 Å². The number of para-hydroxylation sites is 1. The van der Waals surface area contributed by atoms with Crippen LogP contribution in [-0.2, 0) is 4.79 Å². The maximum atomic E-state index is 12.9. The van der Waals surface area contributed by atoms with E-state index in [2.05, 4.69) is 17.9 Å². The number of carbonyl (C=O) groups excluding carboxylic acids is 1. The summed E-state index contributed by atoms with van der Waals surface area (Å²) in [5, 5.41) is 3.15. The van der Waals surface area contributed by atoms with Gasteiger partial charge in [0.15, 0.2) is 0 Å². The second-order valence-corrected chi connectivity index (χ2v) is 7.65. The Labute approximate surface area is 125 Å². The molecule has 1 N–H and O–H groups in total. The molecule has 0 saturated heterocycles. The van der Waals surface area contributed by atoms with Gasteiger partial charge in [-0.2, -0.15) is 0 Å². The first-order chi connectivity index (χ1) is 9.64. The zero-order valence-electron chi connectivity index (χ0n) is 11.6. The van der Waals surface area contributed by atoms with Crippen LogP contribution in [0.15, 0.2) is 29.2 Å². The molecule has 4 aliphatic carbocycles. The van der Waals surface area contributed by atoms with Crippen LogP contribution in [0.3, 0.4) is 0 Å². The molecule has 4 fully saturated rings. The van der Waals surface area contributed by atoms with E-state index in [-0.39, 0.29) is 11.3 Å². The van der Waals surface area contributed by atoms with Crippen LogP contribution < -0.4 is 5.32 Å². The number of rotatable bonds is 2. The zero-order valence-corrected chi connectivity index (χ0v) is 12.5. The van der Waals surface area contributed by atoms with Gasteiger partial charge >= 0.3 is 0 Å². The standard InChI is InChI=1S/C17H21NOS/c19-16(18-14-3-1-2-4-15(14)20)17-8-11-5-12(9-17)7-13(6-11)10-17/h1-4,11-13,20H,5-10H2,(H,18,19). The van der Waals surface area contributed by atoms with Crippen LogP contribution >= 0.6 is 12.6 Å². The molecule has 1 amide bonds. The predicted octanol–water partition coefficient (Wildman–Crippen LogP) is 4.13. The van der Waals surface area contributed by atoms with Crippen molar-refractivity contribution in [1.29, 1.82) is 0 Å². The van der Waals surface area contributed by atoms with E-state index in [9.17, 15) is 4.79 Å². The highest BCUT2D eigenvalue weighted by atomic mass is 32.1. The maximum Gasteiger partial charge on any atom is 0.230 e. The predicted molar refractivity (Wildman–Crippen MR) is 82.9 cm³/mol. The second-order valence-electron chi connectivity index (χ2n) is 7.17. The van der Waals surface area contributed by atoms with Gasteiger partial charge in [0.05, 0.1) is 11.1 Å². The van der Waals surface area contributed by atoms with Crippen LogP contribution in [0.25, 0.3) is 0 Å². The number of anilines is 1. The molecule has 0 unspecified atom stereocenters. The van der Waals surface area contributed by atoms with Gasteiger partial charge in [-0.3, -0.25) is 4.79 Å². The van der Waals surface area contributed by atoms with Gasteiger partial charge in [0.25, 0.3) is 0 Å². The van der Waals surface area contributed by atoms with Gasteiger partial charge in [-0.1, -0.05) is 12.1 Å². The van der Waals surface area contributed by atoms with E-state index in [1.165, 1.54) is 19.3 Å². The molecule has 0 spiro atoms. The van der Waals surface area contributed by atoms with E-state index in [4.69, 9.17) is 0 Å². The minimum atomic E-state index is -0.0786. The molecule has 106 valence electrons. The summed E-state index contributed by atoms with van der Waals surface area (Å²) in [4.78, 5) is 13.7. The van der Waals surface area contributed by atoms with Crippen molar-refractivity contribution in [3.63, 3.8) is 0 Å². The summed E-state index contributed by atoms with van der Waals surface area (Å²) >= 11 is 4.44. The summed E-state index contributed by atoms with van der Waals surface area (Å²) in [5.41, 5.74) is 0.779. The number of hydrogen-bond donors (Lipinski definition) is 2. The molecular formula is C17H21NOS. The molecule has 4 bridgehead atoms. The summed E-state index contributed by atoms with van der Waals surface area (Å²) in [5.74, 6) is 2.66. The first-order valence-electron chi connectivity index (χ1n) is 7.74. The summed E-state index contributed by atoms with van der Waals surface area (Å²) in [6, 6.07) is 7.77. The molecule has 20 heavy (non-hydrogen) atoms. The first kappa shape index (κ1) is 12.8. The third kappa shape index (κ3) is 1.98. The summed E-state index contributed by atoms with van der Waals surface area (Å²) < 4.78 is 0. The number of nitrogens with one attached hydrogen (secondary N) is 1. The van der Waals surface area contributed by atoms with Crippen LogP contribution in [0.1, 0.15) is 38.5 Å². The fourth-order valence-electron chi connectivity index (χ4n) is 5.22. The van der Waals surface area contributed by atoms with E-state index < -0.39 is 0 Å². The number of carbonyl (C=O) groups is 1.